The van der Waals surface area contributed by atoms with Crippen LogP contribution in [0.4, 0.5) is 0 Å². The first kappa shape index (κ1) is 18.2. The Morgan fingerprint density at radius 2 is 1.54 bits per heavy atom. The predicted octanol–water partition coefficient (Wildman–Crippen LogP) is 4.55. The molecular formula is C22H21ClN2O. The first-order valence-corrected chi connectivity index (χ1v) is 9.03. The summed E-state index contributed by atoms with van der Waals surface area (Å²) < 4.78 is 0. The van der Waals surface area contributed by atoms with Gasteiger partial charge < -0.3 is 4.90 Å². The quantitative estimate of drug-likeness (QED) is 0.616. The molecule has 0 atom stereocenters. The molecule has 0 radical (unpaired) electrons. The molecular weight excluding hydrogens is 344 g/mol. The highest BCUT2D eigenvalue weighted by Crippen LogP contribution is 2.13. The maximum Gasteiger partial charge on any atom is 0.227 e. The van der Waals surface area contributed by atoms with Crippen molar-refractivity contribution in [1.82, 2.24) is 9.88 Å². The molecule has 0 spiro atoms. The highest BCUT2D eigenvalue weighted by Gasteiger charge is 2.15. The Bertz CT molecular complexity index is 820. The van der Waals surface area contributed by atoms with Gasteiger partial charge >= 0.3 is 0 Å². The Hall–Kier alpha value is -2.65. The van der Waals surface area contributed by atoms with Gasteiger partial charge in [0.1, 0.15) is 0 Å². The van der Waals surface area contributed by atoms with E-state index >= 15 is 0 Å². The molecule has 1 amide bonds. The highest BCUT2D eigenvalue weighted by atomic mass is 35.5. The van der Waals surface area contributed by atoms with Crippen molar-refractivity contribution in [1.29, 1.82) is 0 Å². The number of aromatic nitrogens is 1. The third-order valence-corrected chi connectivity index (χ3v) is 4.51. The topological polar surface area (TPSA) is 33.2 Å². The zero-order valence-electron chi connectivity index (χ0n) is 14.5. The van der Waals surface area contributed by atoms with Gasteiger partial charge in [-0.1, -0.05) is 54.1 Å². The molecule has 0 saturated carbocycles. The van der Waals surface area contributed by atoms with E-state index in [1.807, 2.05) is 59.5 Å². The fourth-order valence-corrected chi connectivity index (χ4v) is 2.92. The summed E-state index contributed by atoms with van der Waals surface area (Å²) in [7, 11) is 0. The van der Waals surface area contributed by atoms with E-state index in [4.69, 9.17) is 11.6 Å². The fourth-order valence-electron chi connectivity index (χ4n) is 2.80. The lowest BCUT2D eigenvalue weighted by Crippen LogP contribution is -2.33. The van der Waals surface area contributed by atoms with E-state index in [9.17, 15) is 4.79 Å². The standard InChI is InChI=1S/C22H21ClN2O/c23-21-8-6-19(7-9-21)16-22(26)25(17-20-10-13-24-14-11-20)15-12-18-4-2-1-3-5-18/h1-11,13-14H,12,15-17H2. The van der Waals surface area contributed by atoms with E-state index in [2.05, 4.69) is 17.1 Å². The second-order valence-electron chi connectivity index (χ2n) is 6.21. The summed E-state index contributed by atoms with van der Waals surface area (Å²) in [6.07, 6.45) is 4.72. The van der Waals surface area contributed by atoms with Gasteiger partial charge in [0.15, 0.2) is 0 Å². The summed E-state index contributed by atoms with van der Waals surface area (Å²) in [6, 6.07) is 21.6. The average molecular weight is 365 g/mol. The van der Waals surface area contributed by atoms with Crippen molar-refractivity contribution in [3.8, 4) is 0 Å². The third kappa shape index (κ3) is 5.43. The van der Waals surface area contributed by atoms with Crippen molar-refractivity contribution in [2.24, 2.45) is 0 Å². The van der Waals surface area contributed by atoms with Crippen LogP contribution in [0.5, 0.6) is 0 Å². The van der Waals surface area contributed by atoms with Crippen LogP contribution < -0.4 is 0 Å². The van der Waals surface area contributed by atoms with Crippen LogP contribution in [0, 0.1) is 0 Å². The Kier molecular flexibility index (Phi) is 6.39. The number of pyridine rings is 1. The number of carbonyl (C=O) groups excluding carboxylic acids is 1. The van der Waals surface area contributed by atoms with Crippen LogP contribution in [-0.4, -0.2) is 22.3 Å². The molecule has 3 rings (SSSR count). The molecule has 1 heterocycles. The van der Waals surface area contributed by atoms with Crippen LogP contribution in [0.1, 0.15) is 16.7 Å². The molecule has 0 aliphatic carbocycles. The van der Waals surface area contributed by atoms with Crippen LogP contribution in [0.25, 0.3) is 0 Å². The number of nitrogens with zero attached hydrogens (tertiary/aromatic N) is 2. The van der Waals surface area contributed by atoms with E-state index < -0.39 is 0 Å². The van der Waals surface area contributed by atoms with Crippen LogP contribution in [-0.2, 0) is 24.2 Å². The molecule has 132 valence electrons. The van der Waals surface area contributed by atoms with Gasteiger partial charge in [-0.05, 0) is 47.4 Å². The number of rotatable bonds is 7. The summed E-state index contributed by atoms with van der Waals surface area (Å²) in [4.78, 5) is 18.9. The van der Waals surface area contributed by atoms with E-state index in [1.54, 1.807) is 12.4 Å². The number of carbonyl (C=O) groups is 1. The molecule has 0 aliphatic heterocycles. The molecule has 4 heteroatoms. The monoisotopic (exact) mass is 364 g/mol. The average Bonchev–Trinajstić information content (AvgIpc) is 2.68. The number of halogens is 1. The lowest BCUT2D eigenvalue weighted by atomic mass is 10.1. The molecule has 3 aromatic rings. The number of amides is 1. The smallest absolute Gasteiger partial charge is 0.227 e. The molecule has 0 N–H and O–H groups in total. The van der Waals surface area contributed by atoms with Gasteiger partial charge in [0.25, 0.3) is 0 Å². The molecule has 0 unspecified atom stereocenters. The van der Waals surface area contributed by atoms with Gasteiger partial charge in [0.05, 0.1) is 6.42 Å². The van der Waals surface area contributed by atoms with Crippen molar-refractivity contribution in [2.75, 3.05) is 6.54 Å². The second kappa shape index (κ2) is 9.16. The maximum absolute atomic E-state index is 12.9. The van der Waals surface area contributed by atoms with E-state index in [1.165, 1.54) is 5.56 Å². The third-order valence-electron chi connectivity index (χ3n) is 4.26. The molecule has 0 fully saturated rings. The van der Waals surface area contributed by atoms with Gasteiger partial charge in [-0.2, -0.15) is 0 Å². The van der Waals surface area contributed by atoms with Gasteiger partial charge in [-0.15, -0.1) is 0 Å². The van der Waals surface area contributed by atoms with Crippen LogP contribution in [0.3, 0.4) is 0 Å². The highest BCUT2D eigenvalue weighted by molar-refractivity contribution is 6.30. The Labute approximate surface area is 159 Å². The zero-order valence-corrected chi connectivity index (χ0v) is 15.3. The van der Waals surface area contributed by atoms with E-state index in [0.717, 1.165) is 17.5 Å². The van der Waals surface area contributed by atoms with Crippen molar-refractivity contribution in [3.63, 3.8) is 0 Å². The van der Waals surface area contributed by atoms with Crippen molar-refractivity contribution >= 4 is 17.5 Å². The first-order valence-electron chi connectivity index (χ1n) is 8.66. The predicted molar refractivity (Wildman–Crippen MR) is 105 cm³/mol. The number of hydrogen-bond donors (Lipinski definition) is 0. The summed E-state index contributed by atoms with van der Waals surface area (Å²) >= 11 is 5.93. The minimum Gasteiger partial charge on any atom is -0.338 e. The van der Waals surface area contributed by atoms with Crippen LogP contribution >= 0.6 is 11.6 Å². The summed E-state index contributed by atoms with van der Waals surface area (Å²) in [5.41, 5.74) is 3.28. The first-order chi connectivity index (χ1) is 12.7. The summed E-state index contributed by atoms with van der Waals surface area (Å²) in [6.45, 7) is 1.26. The van der Waals surface area contributed by atoms with Crippen LogP contribution in [0.2, 0.25) is 5.02 Å². The lowest BCUT2D eigenvalue weighted by Gasteiger charge is -2.23. The largest absolute Gasteiger partial charge is 0.338 e. The molecule has 0 bridgehead atoms. The lowest BCUT2D eigenvalue weighted by molar-refractivity contribution is -0.131. The summed E-state index contributed by atoms with van der Waals surface area (Å²) in [5, 5.41) is 0.680. The zero-order chi connectivity index (χ0) is 18.2. The van der Waals surface area contributed by atoms with Gasteiger partial charge in [-0.3, -0.25) is 9.78 Å². The number of hydrogen-bond acceptors (Lipinski definition) is 2. The molecule has 1 aromatic heterocycles. The van der Waals surface area contributed by atoms with Gasteiger partial charge in [0, 0.05) is 30.5 Å². The van der Waals surface area contributed by atoms with Crippen molar-refractivity contribution in [3.05, 3.63) is 101 Å². The van der Waals surface area contributed by atoms with Crippen molar-refractivity contribution < 1.29 is 4.79 Å². The Morgan fingerprint density at radius 1 is 0.846 bits per heavy atom. The normalized spacial score (nSPS) is 10.5. The van der Waals surface area contributed by atoms with Crippen molar-refractivity contribution in [2.45, 2.75) is 19.4 Å². The van der Waals surface area contributed by atoms with E-state index in [0.29, 0.717) is 24.5 Å². The maximum atomic E-state index is 12.9. The SMILES string of the molecule is O=C(Cc1ccc(Cl)cc1)N(CCc1ccccc1)Cc1ccncc1. The second-order valence-corrected chi connectivity index (χ2v) is 6.65. The minimum absolute atomic E-state index is 0.111. The summed E-state index contributed by atoms with van der Waals surface area (Å²) in [5.74, 6) is 0.111. The minimum atomic E-state index is 0.111. The van der Waals surface area contributed by atoms with Gasteiger partial charge in [-0.25, -0.2) is 0 Å². The molecule has 0 saturated heterocycles. The van der Waals surface area contributed by atoms with E-state index in [-0.39, 0.29) is 5.91 Å². The molecule has 0 aliphatic rings. The Balaban J connectivity index is 1.70. The molecule has 26 heavy (non-hydrogen) atoms. The fraction of sp³-hybridized carbons (Fsp3) is 0.182. The van der Waals surface area contributed by atoms with Gasteiger partial charge in [0.2, 0.25) is 5.91 Å². The van der Waals surface area contributed by atoms with Crippen LogP contribution in [0.15, 0.2) is 79.1 Å². The molecule has 2 aromatic carbocycles. The molecule has 3 nitrogen and oxygen atoms in total. The Morgan fingerprint density at radius 3 is 2.23 bits per heavy atom. The number of benzene rings is 2.